The van der Waals surface area contributed by atoms with Crippen LogP contribution in [0.15, 0.2) is 18.2 Å². The molecule has 1 aromatic rings. The highest BCUT2D eigenvalue weighted by Crippen LogP contribution is 2.09. The minimum absolute atomic E-state index is 0.0299. The summed E-state index contributed by atoms with van der Waals surface area (Å²) in [6.45, 7) is 1.52. The molecule has 17 heavy (non-hydrogen) atoms. The molecule has 0 bridgehead atoms. The maximum atomic E-state index is 13.2. The largest absolute Gasteiger partial charge is 0.393 e. The number of halogens is 2. The highest BCUT2D eigenvalue weighted by molar-refractivity contribution is 7.80. The van der Waals surface area contributed by atoms with Gasteiger partial charge in [0.2, 0.25) is 5.91 Å². The van der Waals surface area contributed by atoms with Crippen LogP contribution >= 0.6 is 12.2 Å². The molecule has 1 atom stereocenters. The first-order valence-electron chi connectivity index (χ1n) is 4.92. The number of nitrogens with two attached hydrogens (primary N) is 1. The summed E-state index contributed by atoms with van der Waals surface area (Å²) in [5.74, 6) is -2.36. The summed E-state index contributed by atoms with van der Waals surface area (Å²) in [5.41, 5.74) is 5.51. The van der Waals surface area contributed by atoms with Crippen molar-refractivity contribution in [2.24, 2.45) is 11.7 Å². The molecular formula is C11H12F2N2OS. The van der Waals surface area contributed by atoms with Gasteiger partial charge in [0.25, 0.3) is 0 Å². The van der Waals surface area contributed by atoms with E-state index in [1.54, 1.807) is 6.92 Å². The zero-order valence-corrected chi connectivity index (χ0v) is 9.98. The topological polar surface area (TPSA) is 55.1 Å². The number of thiocarbonyl (C=S) groups is 1. The molecule has 0 aromatic heterocycles. The summed E-state index contributed by atoms with van der Waals surface area (Å²) >= 11 is 4.66. The van der Waals surface area contributed by atoms with Gasteiger partial charge < -0.3 is 11.1 Å². The van der Waals surface area contributed by atoms with Crippen molar-refractivity contribution in [3.63, 3.8) is 0 Å². The fourth-order valence-corrected chi connectivity index (χ4v) is 1.24. The predicted octanol–water partition coefficient (Wildman–Crippen LogP) is 1.50. The maximum Gasteiger partial charge on any atom is 0.229 e. The van der Waals surface area contributed by atoms with Crippen LogP contribution in [0.25, 0.3) is 0 Å². The van der Waals surface area contributed by atoms with Gasteiger partial charge >= 0.3 is 0 Å². The van der Waals surface area contributed by atoms with E-state index in [-0.39, 0.29) is 23.0 Å². The van der Waals surface area contributed by atoms with E-state index in [4.69, 9.17) is 5.73 Å². The van der Waals surface area contributed by atoms with Gasteiger partial charge in [0.15, 0.2) is 0 Å². The molecule has 0 aliphatic heterocycles. The molecule has 0 saturated heterocycles. The monoisotopic (exact) mass is 258 g/mol. The lowest BCUT2D eigenvalue weighted by Gasteiger charge is -2.11. The summed E-state index contributed by atoms with van der Waals surface area (Å²) in [7, 11) is 0. The van der Waals surface area contributed by atoms with Crippen LogP contribution in [0.5, 0.6) is 0 Å². The number of rotatable bonds is 4. The third kappa shape index (κ3) is 3.74. The molecule has 0 saturated carbocycles. The normalized spacial score (nSPS) is 11.9. The van der Waals surface area contributed by atoms with E-state index in [0.29, 0.717) is 0 Å². The number of hydrogen-bond acceptors (Lipinski definition) is 2. The summed E-state index contributed by atoms with van der Waals surface area (Å²) in [4.78, 5) is 11.5. The van der Waals surface area contributed by atoms with Crippen molar-refractivity contribution in [3.8, 4) is 0 Å². The molecule has 3 N–H and O–H groups in total. The van der Waals surface area contributed by atoms with Crippen LogP contribution in [0.1, 0.15) is 12.5 Å². The van der Waals surface area contributed by atoms with Crippen molar-refractivity contribution in [3.05, 3.63) is 35.4 Å². The second-order valence-electron chi connectivity index (χ2n) is 3.58. The van der Waals surface area contributed by atoms with Crippen LogP contribution < -0.4 is 11.1 Å². The van der Waals surface area contributed by atoms with Crippen LogP contribution in [0.4, 0.5) is 8.78 Å². The quantitative estimate of drug-likeness (QED) is 0.805. The molecule has 1 amide bonds. The lowest BCUT2D eigenvalue weighted by molar-refractivity contribution is -0.122. The zero-order valence-electron chi connectivity index (χ0n) is 9.17. The van der Waals surface area contributed by atoms with E-state index in [2.05, 4.69) is 17.5 Å². The number of hydrogen-bond donors (Lipinski definition) is 2. The van der Waals surface area contributed by atoms with Gasteiger partial charge in [0.1, 0.15) is 11.6 Å². The Morgan fingerprint density at radius 3 is 2.71 bits per heavy atom. The Hall–Kier alpha value is -1.56. The van der Waals surface area contributed by atoms with E-state index in [0.717, 1.165) is 12.1 Å². The van der Waals surface area contributed by atoms with Crippen molar-refractivity contribution in [1.82, 2.24) is 5.32 Å². The molecule has 0 radical (unpaired) electrons. The van der Waals surface area contributed by atoms with Gasteiger partial charge in [0.05, 0.1) is 10.9 Å². The van der Waals surface area contributed by atoms with Crippen LogP contribution in [0.2, 0.25) is 0 Å². The summed E-state index contributed by atoms with van der Waals surface area (Å²) in [5, 5.41) is 2.47. The van der Waals surface area contributed by atoms with E-state index >= 15 is 0 Å². The Morgan fingerprint density at radius 2 is 2.18 bits per heavy atom. The van der Waals surface area contributed by atoms with Gasteiger partial charge in [-0.25, -0.2) is 8.78 Å². The first kappa shape index (κ1) is 13.5. The Morgan fingerprint density at radius 1 is 1.53 bits per heavy atom. The van der Waals surface area contributed by atoms with Gasteiger partial charge in [0, 0.05) is 18.2 Å². The Balaban J connectivity index is 2.62. The highest BCUT2D eigenvalue weighted by Gasteiger charge is 2.15. The standard InChI is InChI=1S/C11H12F2N2OS/c1-6(10(14)17)11(16)15-5-7-2-3-8(12)4-9(7)13/h2-4,6H,5H2,1H3,(H2,14,17)(H,15,16). The molecule has 3 nitrogen and oxygen atoms in total. The molecular weight excluding hydrogens is 246 g/mol. The van der Waals surface area contributed by atoms with Gasteiger partial charge in [-0.05, 0) is 13.0 Å². The maximum absolute atomic E-state index is 13.2. The number of carbonyl (C=O) groups excluding carboxylic acids is 1. The van der Waals surface area contributed by atoms with Crippen LogP contribution in [0, 0.1) is 17.6 Å². The Bertz CT molecular complexity index is 451. The highest BCUT2D eigenvalue weighted by atomic mass is 32.1. The number of carbonyl (C=O) groups is 1. The lowest BCUT2D eigenvalue weighted by Crippen LogP contribution is -2.35. The lowest BCUT2D eigenvalue weighted by atomic mass is 10.1. The Kier molecular flexibility index (Phi) is 4.51. The summed E-state index contributed by atoms with van der Waals surface area (Å²) in [6.07, 6.45) is 0. The van der Waals surface area contributed by atoms with E-state index in [1.807, 2.05) is 0 Å². The summed E-state index contributed by atoms with van der Waals surface area (Å²) in [6, 6.07) is 3.16. The molecule has 0 aliphatic carbocycles. The molecule has 1 rings (SSSR count). The van der Waals surface area contributed by atoms with Crippen molar-refractivity contribution in [1.29, 1.82) is 0 Å². The van der Waals surface area contributed by atoms with Gasteiger partial charge in [-0.3, -0.25) is 4.79 Å². The molecule has 1 aromatic carbocycles. The molecule has 1 unspecified atom stereocenters. The zero-order chi connectivity index (χ0) is 13.0. The average Bonchev–Trinajstić information content (AvgIpc) is 2.26. The molecule has 0 fully saturated rings. The van der Waals surface area contributed by atoms with Crippen molar-refractivity contribution >= 4 is 23.1 Å². The van der Waals surface area contributed by atoms with Gasteiger partial charge in [-0.2, -0.15) is 0 Å². The third-order valence-electron chi connectivity index (χ3n) is 2.29. The van der Waals surface area contributed by atoms with E-state index < -0.39 is 17.6 Å². The van der Waals surface area contributed by atoms with Gasteiger partial charge in [-0.1, -0.05) is 18.3 Å². The molecule has 92 valence electrons. The number of amides is 1. The SMILES string of the molecule is CC(C(=O)NCc1ccc(F)cc1F)C(N)=S. The Labute approximate surface area is 103 Å². The molecule has 0 heterocycles. The molecule has 0 spiro atoms. The van der Waals surface area contributed by atoms with Crippen molar-refractivity contribution in [2.45, 2.75) is 13.5 Å². The fourth-order valence-electron chi connectivity index (χ4n) is 1.13. The van der Waals surface area contributed by atoms with Gasteiger partial charge in [-0.15, -0.1) is 0 Å². The second-order valence-corrected chi connectivity index (χ2v) is 4.05. The third-order valence-corrected chi connectivity index (χ3v) is 2.64. The smallest absolute Gasteiger partial charge is 0.229 e. The van der Waals surface area contributed by atoms with E-state index in [1.165, 1.54) is 6.07 Å². The molecule has 0 aliphatic rings. The second kappa shape index (κ2) is 5.67. The van der Waals surface area contributed by atoms with E-state index in [9.17, 15) is 13.6 Å². The average molecular weight is 258 g/mol. The number of nitrogens with one attached hydrogen (secondary N) is 1. The van der Waals surface area contributed by atoms with Crippen molar-refractivity contribution < 1.29 is 13.6 Å². The first-order valence-corrected chi connectivity index (χ1v) is 5.33. The van der Waals surface area contributed by atoms with Crippen LogP contribution in [-0.2, 0) is 11.3 Å². The first-order chi connectivity index (χ1) is 7.91. The minimum Gasteiger partial charge on any atom is -0.393 e. The van der Waals surface area contributed by atoms with Crippen LogP contribution in [-0.4, -0.2) is 10.9 Å². The summed E-state index contributed by atoms with van der Waals surface area (Å²) < 4.78 is 25.8. The fraction of sp³-hybridized carbons (Fsp3) is 0.273. The predicted molar refractivity (Wildman–Crippen MR) is 64.2 cm³/mol. The number of benzene rings is 1. The van der Waals surface area contributed by atoms with Crippen molar-refractivity contribution in [2.75, 3.05) is 0 Å². The van der Waals surface area contributed by atoms with Crippen LogP contribution in [0.3, 0.4) is 0 Å². The minimum atomic E-state index is -0.701. The molecule has 6 heteroatoms.